The highest BCUT2D eigenvalue weighted by atomic mass is 16.5. The smallest absolute Gasteiger partial charge is 0.128 e. The van der Waals surface area contributed by atoms with Gasteiger partial charge in [-0.1, -0.05) is 0 Å². The van der Waals surface area contributed by atoms with E-state index >= 15 is 0 Å². The summed E-state index contributed by atoms with van der Waals surface area (Å²) in [4.78, 5) is 6.62. The molecule has 1 aromatic rings. The Kier molecular flexibility index (Phi) is 4.42. The van der Waals surface area contributed by atoms with Gasteiger partial charge in [0.05, 0.1) is 18.9 Å². The van der Waals surface area contributed by atoms with Gasteiger partial charge in [0.1, 0.15) is 5.75 Å². The molecule has 1 N–H and O–H groups in total. The summed E-state index contributed by atoms with van der Waals surface area (Å²) < 4.78 is 5.42. The van der Waals surface area contributed by atoms with Crippen molar-refractivity contribution >= 4 is 0 Å². The zero-order valence-corrected chi connectivity index (χ0v) is 12.3. The molecule has 0 aromatic carbocycles. The van der Waals surface area contributed by atoms with Gasteiger partial charge in [-0.25, -0.2) is 0 Å². The van der Waals surface area contributed by atoms with Crippen LogP contribution < -0.4 is 4.74 Å². The highest BCUT2D eigenvalue weighted by molar-refractivity contribution is 5.40. The molecule has 0 saturated heterocycles. The third-order valence-corrected chi connectivity index (χ3v) is 3.83. The van der Waals surface area contributed by atoms with E-state index in [1.165, 1.54) is 12.8 Å². The van der Waals surface area contributed by atoms with Crippen LogP contribution in [0.3, 0.4) is 0 Å². The maximum absolute atomic E-state index is 9.96. The second kappa shape index (κ2) is 5.88. The van der Waals surface area contributed by atoms with Crippen molar-refractivity contribution in [2.75, 3.05) is 20.7 Å². The van der Waals surface area contributed by atoms with Gasteiger partial charge >= 0.3 is 0 Å². The highest BCUT2D eigenvalue weighted by Gasteiger charge is 2.30. The molecule has 0 bridgehead atoms. The molecule has 106 valence electrons. The summed E-state index contributed by atoms with van der Waals surface area (Å²) in [5.74, 6) is 1.44. The van der Waals surface area contributed by atoms with Crippen LogP contribution >= 0.6 is 0 Å². The molecule has 1 aliphatic rings. The van der Waals surface area contributed by atoms with Gasteiger partial charge in [0.2, 0.25) is 0 Å². The first-order valence-electron chi connectivity index (χ1n) is 6.88. The van der Waals surface area contributed by atoms with E-state index in [0.29, 0.717) is 12.5 Å². The van der Waals surface area contributed by atoms with Gasteiger partial charge in [-0.15, -0.1) is 0 Å². The van der Waals surface area contributed by atoms with E-state index in [0.717, 1.165) is 29.1 Å². The molecule has 0 spiro atoms. The number of nitrogens with zero attached hydrogens (tertiary/aromatic N) is 2. The largest absolute Gasteiger partial charge is 0.496 e. The predicted octanol–water partition coefficient (Wildman–Crippen LogP) is 1.91. The number of aliphatic hydroxyl groups is 1. The van der Waals surface area contributed by atoms with Crippen molar-refractivity contribution in [1.82, 2.24) is 9.88 Å². The molecule has 1 atom stereocenters. The standard InChI is InChI=1S/C15H24N2O2/c1-10-7-16-13(11(2)15(10)19-4)8-17(3)9-14(18)12-5-6-12/h7,12,14,18H,5-6,8-9H2,1-4H3. The number of aliphatic hydroxyl groups excluding tert-OH is 1. The summed E-state index contributed by atoms with van der Waals surface area (Å²) in [5, 5.41) is 9.96. The first-order chi connectivity index (χ1) is 9.02. The number of aromatic nitrogens is 1. The van der Waals surface area contributed by atoms with Crippen molar-refractivity contribution in [3.8, 4) is 5.75 Å². The average Bonchev–Trinajstić information content (AvgIpc) is 3.17. The van der Waals surface area contributed by atoms with Gasteiger partial charge in [-0.05, 0) is 39.7 Å². The molecule has 19 heavy (non-hydrogen) atoms. The van der Waals surface area contributed by atoms with Gasteiger partial charge in [0, 0.05) is 30.4 Å². The number of likely N-dealkylation sites (N-methyl/N-ethyl adjacent to an activating group) is 1. The van der Waals surface area contributed by atoms with Crippen LogP contribution in [-0.4, -0.2) is 41.8 Å². The summed E-state index contributed by atoms with van der Waals surface area (Å²) in [6, 6.07) is 0. The second-order valence-electron chi connectivity index (χ2n) is 5.65. The molecule has 1 aromatic heterocycles. The minimum absolute atomic E-state index is 0.197. The molecular formula is C15H24N2O2. The minimum Gasteiger partial charge on any atom is -0.496 e. The average molecular weight is 264 g/mol. The monoisotopic (exact) mass is 264 g/mol. The van der Waals surface area contributed by atoms with Crippen molar-refractivity contribution in [2.24, 2.45) is 5.92 Å². The van der Waals surface area contributed by atoms with Crippen molar-refractivity contribution < 1.29 is 9.84 Å². The van der Waals surface area contributed by atoms with E-state index < -0.39 is 0 Å². The fourth-order valence-corrected chi connectivity index (χ4v) is 2.50. The summed E-state index contributed by atoms with van der Waals surface area (Å²) in [6.07, 6.45) is 4.00. The Morgan fingerprint density at radius 2 is 2.16 bits per heavy atom. The summed E-state index contributed by atoms with van der Waals surface area (Å²) >= 11 is 0. The van der Waals surface area contributed by atoms with Crippen LogP contribution in [-0.2, 0) is 6.54 Å². The molecule has 1 aliphatic carbocycles. The molecule has 4 nitrogen and oxygen atoms in total. The maximum Gasteiger partial charge on any atom is 0.128 e. The molecule has 2 rings (SSSR count). The quantitative estimate of drug-likeness (QED) is 0.852. The van der Waals surface area contributed by atoms with Crippen LogP contribution in [0, 0.1) is 19.8 Å². The third kappa shape index (κ3) is 3.45. The van der Waals surface area contributed by atoms with Crippen molar-refractivity contribution in [3.05, 3.63) is 23.0 Å². The topological polar surface area (TPSA) is 45.6 Å². The summed E-state index contributed by atoms with van der Waals surface area (Å²) in [7, 11) is 3.72. The van der Waals surface area contributed by atoms with E-state index in [2.05, 4.69) is 9.88 Å². The van der Waals surface area contributed by atoms with Crippen molar-refractivity contribution in [1.29, 1.82) is 0 Å². The first kappa shape index (κ1) is 14.3. The Balaban J connectivity index is 2.01. The van der Waals surface area contributed by atoms with E-state index in [1.807, 2.05) is 27.1 Å². The van der Waals surface area contributed by atoms with Crippen molar-refractivity contribution in [2.45, 2.75) is 39.3 Å². The number of ether oxygens (including phenoxy) is 1. The lowest BCUT2D eigenvalue weighted by atomic mass is 10.1. The maximum atomic E-state index is 9.96. The van der Waals surface area contributed by atoms with Gasteiger partial charge in [0.25, 0.3) is 0 Å². The van der Waals surface area contributed by atoms with Crippen LogP contribution in [0.5, 0.6) is 5.75 Å². The van der Waals surface area contributed by atoms with Gasteiger partial charge in [0.15, 0.2) is 0 Å². The third-order valence-electron chi connectivity index (χ3n) is 3.83. The number of hydrogen-bond acceptors (Lipinski definition) is 4. The Labute approximate surface area is 115 Å². The molecule has 4 heteroatoms. The molecular weight excluding hydrogens is 240 g/mol. The number of pyridine rings is 1. The van der Waals surface area contributed by atoms with Gasteiger partial charge in [-0.3, -0.25) is 9.88 Å². The highest BCUT2D eigenvalue weighted by Crippen LogP contribution is 2.33. The second-order valence-corrected chi connectivity index (χ2v) is 5.65. The zero-order valence-electron chi connectivity index (χ0n) is 12.3. The van der Waals surface area contributed by atoms with E-state index in [9.17, 15) is 5.11 Å². The van der Waals surface area contributed by atoms with Crippen LogP contribution in [0.1, 0.15) is 29.7 Å². The molecule has 1 fully saturated rings. The number of methoxy groups -OCH3 is 1. The Hall–Kier alpha value is -1.13. The summed E-state index contributed by atoms with van der Waals surface area (Å²) in [6.45, 7) is 5.50. The van der Waals surface area contributed by atoms with E-state index in [-0.39, 0.29) is 6.10 Å². The zero-order chi connectivity index (χ0) is 14.0. The van der Waals surface area contributed by atoms with Gasteiger partial charge < -0.3 is 9.84 Å². The number of aryl methyl sites for hydroxylation is 1. The van der Waals surface area contributed by atoms with Crippen LogP contribution in [0.2, 0.25) is 0 Å². The number of rotatable bonds is 6. The first-order valence-corrected chi connectivity index (χ1v) is 6.88. The van der Waals surface area contributed by atoms with E-state index in [4.69, 9.17) is 4.74 Å². The number of hydrogen-bond donors (Lipinski definition) is 1. The van der Waals surface area contributed by atoms with Gasteiger partial charge in [-0.2, -0.15) is 0 Å². The molecule has 0 radical (unpaired) electrons. The minimum atomic E-state index is -0.197. The fraction of sp³-hybridized carbons (Fsp3) is 0.667. The molecule has 1 heterocycles. The summed E-state index contributed by atoms with van der Waals surface area (Å²) in [5.41, 5.74) is 3.17. The Bertz CT molecular complexity index is 444. The van der Waals surface area contributed by atoms with E-state index in [1.54, 1.807) is 7.11 Å². The molecule has 0 aliphatic heterocycles. The normalized spacial score (nSPS) is 16.7. The lowest BCUT2D eigenvalue weighted by molar-refractivity contribution is 0.103. The SMILES string of the molecule is COc1c(C)cnc(CN(C)CC(O)C2CC2)c1C. The lowest BCUT2D eigenvalue weighted by Crippen LogP contribution is -2.30. The molecule has 1 unspecified atom stereocenters. The molecule has 0 amide bonds. The Morgan fingerprint density at radius 1 is 1.47 bits per heavy atom. The predicted molar refractivity (Wildman–Crippen MR) is 75.3 cm³/mol. The van der Waals surface area contributed by atoms with Crippen LogP contribution in [0.4, 0.5) is 0 Å². The lowest BCUT2D eigenvalue weighted by Gasteiger charge is -2.21. The fourth-order valence-electron chi connectivity index (χ4n) is 2.50. The Morgan fingerprint density at radius 3 is 2.74 bits per heavy atom. The van der Waals surface area contributed by atoms with Crippen molar-refractivity contribution in [3.63, 3.8) is 0 Å². The molecule has 1 saturated carbocycles. The van der Waals surface area contributed by atoms with Crippen LogP contribution in [0.15, 0.2) is 6.20 Å². The van der Waals surface area contributed by atoms with Crippen LogP contribution in [0.25, 0.3) is 0 Å².